The molecule has 1 aliphatic carbocycles. The second-order valence-electron chi connectivity index (χ2n) is 8.24. The third-order valence-electron chi connectivity index (χ3n) is 6.14. The molecule has 3 aliphatic rings. The Morgan fingerprint density at radius 3 is 2.48 bits per heavy atom. The molecule has 2 saturated heterocycles. The number of amides is 2. The number of hydrogen-bond acceptors (Lipinski definition) is 4. The topological polar surface area (TPSA) is 67.9 Å². The Morgan fingerprint density at radius 1 is 1.07 bits per heavy atom. The molecule has 0 bridgehead atoms. The van der Waals surface area contributed by atoms with Crippen LogP contribution in [0.2, 0.25) is 5.02 Å². The average Bonchev–Trinajstić information content (AvgIpc) is 3.44. The van der Waals surface area contributed by atoms with Crippen molar-refractivity contribution in [3.05, 3.63) is 28.8 Å². The lowest BCUT2D eigenvalue weighted by atomic mass is 10.1. The van der Waals surface area contributed by atoms with Gasteiger partial charge in [0.1, 0.15) is 18.0 Å². The van der Waals surface area contributed by atoms with Crippen LogP contribution in [0, 0.1) is 0 Å². The van der Waals surface area contributed by atoms with Crippen LogP contribution in [0.1, 0.15) is 61.7 Å². The third-order valence-corrected chi connectivity index (χ3v) is 6.43. The van der Waals surface area contributed by atoms with E-state index >= 15 is 0 Å². The number of rotatable bonds is 5. The van der Waals surface area contributed by atoms with Crippen LogP contribution in [-0.4, -0.2) is 54.7 Å². The zero-order valence-corrected chi connectivity index (χ0v) is 17.5. The van der Waals surface area contributed by atoms with Gasteiger partial charge in [-0.15, -0.1) is 0 Å². The minimum absolute atomic E-state index is 0.0132. The number of nitrogens with one attached hydrogen (secondary N) is 1. The maximum atomic E-state index is 12.4. The lowest BCUT2D eigenvalue weighted by molar-refractivity contribution is -0.142. The highest BCUT2D eigenvalue weighted by Gasteiger charge is 2.31. The summed E-state index contributed by atoms with van der Waals surface area (Å²) >= 11 is 6.39. The Bertz CT molecular complexity index is 736. The van der Waals surface area contributed by atoms with Gasteiger partial charge in [-0.2, -0.15) is 0 Å². The lowest BCUT2D eigenvalue weighted by Crippen LogP contribution is -2.45. The molecule has 1 aromatic rings. The molecule has 0 aromatic heterocycles. The van der Waals surface area contributed by atoms with Gasteiger partial charge in [0.15, 0.2) is 0 Å². The van der Waals surface area contributed by atoms with Crippen molar-refractivity contribution in [3.63, 3.8) is 0 Å². The predicted molar refractivity (Wildman–Crippen MR) is 110 cm³/mol. The summed E-state index contributed by atoms with van der Waals surface area (Å²) in [4.78, 5) is 26.7. The Balaban J connectivity index is 1.28. The van der Waals surface area contributed by atoms with Crippen LogP contribution in [0.5, 0.6) is 5.75 Å². The summed E-state index contributed by atoms with van der Waals surface area (Å²) < 4.78 is 11.6. The Hall–Kier alpha value is -1.79. The highest BCUT2D eigenvalue weighted by atomic mass is 35.5. The van der Waals surface area contributed by atoms with Crippen molar-refractivity contribution in [2.45, 2.75) is 69.6 Å². The number of halogens is 1. The molecule has 2 amide bonds. The van der Waals surface area contributed by atoms with Crippen molar-refractivity contribution >= 4 is 23.4 Å². The molecule has 1 saturated carbocycles. The van der Waals surface area contributed by atoms with Crippen LogP contribution in [0.15, 0.2) is 18.2 Å². The lowest BCUT2D eigenvalue weighted by Gasteiger charge is -2.33. The van der Waals surface area contributed by atoms with Crippen molar-refractivity contribution in [2.75, 3.05) is 19.7 Å². The zero-order chi connectivity index (χ0) is 20.2. The SMILES string of the molecule is O=C(NC1CCCC1)c1ccc(OC2CCN(C(=O)C3CCCO3)CC2)c(Cl)c1. The Kier molecular flexibility index (Phi) is 6.60. The smallest absolute Gasteiger partial charge is 0.251 e. The first-order chi connectivity index (χ1) is 14.1. The second kappa shape index (κ2) is 9.35. The fourth-order valence-corrected chi connectivity index (χ4v) is 4.65. The summed E-state index contributed by atoms with van der Waals surface area (Å²) in [6, 6.07) is 5.49. The normalized spacial score (nSPS) is 23.3. The first-order valence-corrected chi connectivity index (χ1v) is 11.2. The van der Waals surface area contributed by atoms with E-state index in [-0.39, 0.29) is 30.1 Å². The van der Waals surface area contributed by atoms with Crippen molar-refractivity contribution < 1.29 is 19.1 Å². The van der Waals surface area contributed by atoms with E-state index in [2.05, 4.69) is 5.32 Å². The first kappa shape index (κ1) is 20.5. The van der Waals surface area contributed by atoms with Gasteiger partial charge in [-0.3, -0.25) is 9.59 Å². The minimum atomic E-state index is -0.259. The largest absolute Gasteiger partial charge is 0.489 e. The van der Waals surface area contributed by atoms with Crippen LogP contribution in [0.4, 0.5) is 0 Å². The molecule has 1 unspecified atom stereocenters. The minimum Gasteiger partial charge on any atom is -0.489 e. The number of piperidine rings is 1. The van der Waals surface area contributed by atoms with E-state index < -0.39 is 0 Å². The van der Waals surface area contributed by atoms with Gasteiger partial charge in [0.25, 0.3) is 11.8 Å². The van der Waals surface area contributed by atoms with Gasteiger partial charge >= 0.3 is 0 Å². The van der Waals surface area contributed by atoms with Gasteiger partial charge in [0, 0.05) is 44.1 Å². The number of carbonyl (C=O) groups is 2. The molecule has 6 nitrogen and oxygen atoms in total. The Morgan fingerprint density at radius 2 is 1.83 bits per heavy atom. The second-order valence-corrected chi connectivity index (χ2v) is 8.65. The first-order valence-electron chi connectivity index (χ1n) is 10.8. The fourth-order valence-electron chi connectivity index (χ4n) is 4.43. The standard InChI is InChI=1S/C22H29ClN2O4/c23-18-14-15(21(26)24-16-4-1-2-5-16)7-8-19(18)29-17-9-11-25(12-10-17)22(27)20-6-3-13-28-20/h7-8,14,16-17,20H,1-6,9-13H2,(H,24,26). The fraction of sp³-hybridized carbons (Fsp3) is 0.636. The summed E-state index contributed by atoms with van der Waals surface area (Å²) in [5.74, 6) is 0.621. The third kappa shape index (κ3) is 5.04. The maximum absolute atomic E-state index is 12.4. The van der Waals surface area contributed by atoms with E-state index in [0.29, 0.717) is 36.0 Å². The van der Waals surface area contributed by atoms with Gasteiger partial charge in [0.2, 0.25) is 0 Å². The molecular formula is C22H29ClN2O4. The molecule has 0 radical (unpaired) electrons. The molecule has 158 valence electrons. The molecule has 1 aromatic carbocycles. The molecule has 1 atom stereocenters. The van der Waals surface area contributed by atoms with Crippen LogP contribution >= 0.6 is 11.6 Å². The number of hydrogen-bond donors (Lipinski definition) is 1. The van der Waals surface area contributed by atoms with Crippen LogP contribution in [0.25, 0.3) is 0 Å². The Labute approximate surface area is 176 Å². The quantitative estimate of drug-likeness (QED) is 0.790. The van der Waals surface area contributed by atoms with Crippen molar-refractivity contribution in [2.24, 2.45) is 0 Å². The van der Waals surface area contributed by atoms with Crippen molar-refractivity contribution in [3.8, 4) is 5.75 Å². The molecule has 2 aliphatic heterocycles. The molecule has 3 fully saturated rings. The van der Waals surface area contributed by atoms with E-state index in [9.17, 15) is 9.59 Å². The number of carbonyl (C=O) groups excluding carboxylic acids is 2. The molecule has 2 heterocycles. The van der Waals surface area contributed by atoms with Crippen molar-refractivity contribution in [1.82, 2.24) is 10.2 Å². The molecule has 4 rings (SSSR count). The van der Waals surface area contributed by atoms with Gasteiger partial charge in [-0.05, 0) is 43.9 Å². The number of likely N-dealkylation sites (tertiary alicyclic amines) is 1. The number of nitrogens with zero attached hydrogens (tertiary/aromatic N) is 1. The molecular weight excluding hydrogens is 392 g/mol. The van der Waals surface area contributed by atoms with Gasteiger partial charge in [0.05, 0.1) is 5.02 Å². The highest BCUT2D eigenvalue weighted by molar-refractivity contribution is 6.32. The summed E-state index contributed by atoms with van der Waals surface area (Å²) in [6.45, 7) is 2.02. The van der Waals surface area contributed by atoms with E-state index in [1.54, 1.807) is 18.2 Å². The van der Waals surface area contributed by atoms with E-state index in [1.807, 2.05) is 4.90 Å². The van der Waals surface area contributed by atoms with Gasteiger partial charge < -0.3 is 19.7 Å². The maximum Gasteiger partial charge on any atom is 0.251 e. The van der Waals surface area contributed by atoms with Gasteiger partial charge in [-0.25, -0.2) is 0 Å². The zero-order valence-electron chi connectivity index (χ0n) is 16.7. The van der Waals surface area contributed by atoms with E-state index in [4.69, 9.17) is 21.1 Å². The molecule has 1 N–H and O–H groups in total. The van der Waals surface area contributed by atoms with Gasteiger partial charge in [-0.1, -0.05) is 24.4 Å². The highest BCUT2D eigenvalue weighted by Crippen LogP contribution is 2.29. The van der Waals surface area contributed by atoms with Crippen LogP contribution in [0.3, 0.4) is 0 Å². The molecule has 0 spiro atoms. The molecule has 7 heteroatoms. The average molecular weight is 421 g/mol. The summed E-state index contributed by atoms with van der Waals surface area (Å²) in [6.07, 6.45) is 7.52. The summed E-state index contributed by atoms with van der Waals surface area (Å²) in [5, 5.41) is 3.52. The number of ether oxygens (including phenoxy) is 2. The van der Waals surface area contributed by atoms with Crippen molar-refractivity contribution in [1.29, 1.82) is 0 Å². The summed E-state index contributed by atoms with van der Waals surface area (Å²) in [7, 11) is 0. The predicted octanol–water partition coefficient (Wildman–Crippen LogP) is 3.56. The van der Waals surface area contributed by atoms with E-state index in [0.717, 1.165) is 38.5 Å². The number of benzene rings is 1. The summed E-state index contributed by atoms with van der Waals surface area (Å²) in [5.41, 5.74) is 0.561. The monoisotopic (exact) mass is 420 g/mol. The van der Waals surface area contributed by atoms with Crippen LogP contribution < -0.4 is 10.1 Å². The van der Waals surface area contributed by atoms with Crippen LogP contribution in [-0.2, 0) is 9.53 Å². The molecule has 29 heavy (non-hydrogen) atoms. The van der Waals surface area contributed by atoms with E-state index in [1.165, 1.54) is 12.8 Å².